The van der Waals surface area contributed by atoms with Crippen LogP contribution in [-0.4, -0.2) is 28.5 Å². The van der Waals surface area contributed by atoms with Gasteiger partial charge in [-0.25, -0.2) is 9.37 Å². The topological polar surface area (TPSA) is 50.2 Å². The summed E-state index contributed by atoms with van der Waals surface area (Å²) in [6, 6.07) is 14.0. The van der Waals surface area contributed by atoms with Crippen molar-refractivity contribution in [3.8, 4) is 0 Å². The number of hydrogen-bond acceptors (Lipinski definition) is 3. The first-order chi connectivity index (χ1) is 12.6. The van der Waals surface area contributed by atoms with Gasteiger partial charge in [0.15, 0.2) is 0 Å². The second-order valence-corrected chi connectivity index (χ2v) is 6.72. The molecule has 1 aliphatic heterocycles. The van der Waals surface area contributed by atoms with Gasteiger partial charge in [0, 0.05) is 31.7 Å². The van der Waals surface area contributed by atoms with E-state index in [0.717, 1.165) is 42.9 Å². The quantitative estimate of drug-likeness (QED) is 0.784. The van der Waals surface area contributed by atoms with Crippen molar-refractivity contribution in [2.24, 2.45) is 13.0 Å². The molecule has 6 heteroatoms. The third kappa shape index (κ3) is 3.14. The van der Waals surface area contributed by atoms with Crippen molar-refractivity contribution in [1.29, 1.82) is 0 Å². The fourth-order valence-corrected chi connectivity index (χ4v) is 3.53. The summed E-state index contributed by atoms with van der Waals surface area (Å²) in [6.07, 6.45) is 1.55. The molecule has 3 aromatic rings. The number of piperidine rings is 1. The first-order valence-electron chi connectivity index (χ1n) is 8.84. The predicted molar refractivity (Wildman–Crippen MR) is 101 cm³/mol. The minimum absolute atomic E-state index is 0.00117. The third-order valence-electron chi connectivity index (χ3n) is 5.02. The number of amides is 1. The Morgan fingerprint density at radius 3 is 2.50 bits per heavy atom. The molecule has 0 unspecified atom stereocenters. The standard InChI is InChI=1S/C20H21FN4O/c1-24-18-5-3-2-4-17(18)23-20(24)25-12-10-14(11-13-25)19(26)22-16-8-6-15(21)7-9-16/h2-9,14H,10-13H2,1H3,(H,22,26). The van der Waals surface area contributed by atoms with E-state index in [1.807, 2.05) is 25.2 Å². The average Bonchev–Trinajstić information content (AvgIpc) is 3.01. The zero-order valence-corrected chi connectivity index (χ0v) is 14.7. The van der Waals surface area contributed by atoms with Gasteiger partial charge in [0.2, 0.25) is 11.9 Å². The van der Waals surface area contributed by atoms with E-state index in [0.29, 0.717) is 5.69 Å². The summed E-state index contributed by atoms with van der Waals surface area (Å²) in [6.45, 7) is 1.58. The molecular formula is C20H21FN4O. The van der Waals surface area contributed by atoms with Crippen molar-refractivity contribution < 1.29 is 9.18 Å². The van der Waals surface area contributed by atoms with Gasteiger partial charge in [-0.1, -0.05) is 12.1 Å². The van der Waals surface area contributed by atoms with Gasteiger partial charge in [-0.2, -0.15) is 0 Å². The summed E-state index contributed by atoms with van der Waals surface area (Å²) in [5.41, 5.74) is 2.73. The summed E-state index contributed by atoms with van der Waals surface area (Å²) in [5.74, 6) is 0.606. The Balaban J connectivity index is 1.41. The predicted octanol–water partition coefficient (Wildman–Crippen LogP) is 3.57. The normalized spacial score (nSPS) is 15.4. The molecule has 1 fully saturated rings. The fourth-order valence-electron chi connectivity index (χ4n) is 3.53. The monoisotopic (exact) mass is 352 g/mol. The van der Waals surface area contributed by atoms with Crippen molar-refractivity contribution in [1.82, 2.24) is 9.55 Å². The Morgan fingerprint density at radius 2 is 1.81 bits per heavy atom. The van der Waals surface area contributed by atoms with Gasteiger partial charge < -0.3 is 14.8 Å². The molecule has 5 nitrogen and oxygen atoms in total. The lowest BCUT2D eigenvalue weighted by atomic mass is 9.96. The van der Waals surface area contributed by atoms with Gasteiger partial charge >= 0.3 is 0 Å². The molecular weight excluding hydrogens is 331 g/mol. The number of rotatable bonds is 3. The number of nitrogens with zero attached hydrogens (tertiary/aromatic N) is 3. The number of fused-ring (bicyclic) bond motifs is 1. The molecule has 1 aromatic heterocycles. The van der Waals surface area contributed by atoms with E-state index in [1.165, 1.54) is 12.1 Å². The van der Waals surface area contributed by atoms with Crippen LogP contribution in [0.3, 0.4) is 0 Å². The molecule has 1 saturated heterocycles. The number of nitrogens with one attached hydrogen (secondary N) is 1. The first kappa shape index (κ1) is 16.6. The Labute approximate surface area is 151 Å². The zero-order valence-electron chi connectivity index (χ0n) is 14.7. The van der Waals surface area contributed by atoms with E-state index in [-0.39, 0.29) is 17.6 Å². The highest BCUT2D eigenvalue weighted by atomic mass is 19.1. The minimum Gasteiger partial charge on any atom is -0.342 e. The maximum Gasteiger partial charge on any atom is 0.227 e. The van der Waals surface area contributed by atoms with Crippen LogP contribution in [0.4, 0.5) is 16.0 Å². The molecule has 0 spiro atoms. The van der Waals surface area contributed by atoms with Crippen LogP contribution in [-0.2, 0) is 11.8 Å². The van der Waals surface area contributed by atoms with Crippen molar-refractivity contribution in [2.75, 3.05) is 23.3 Å². The highest BCUT2D eigenvalue weighted by molar-refractivity contribution is 5.92. The van der Waals surface area contributed by atoms with Crippen molar-refractivity contribution in [3.63, 3.8) is 0 Å². The van der Waals surface area contributed by atoms with Crippen LogP contribution in [0.5, 0.6) is 0 Å². The fraction of sp³-hybridized carbons (Fsp3) is 0.300. The van der Waals surface area contributed by atoms with E-state index in [2.05, 4.69) is 20.9 Å². The molecule has 1 amide bonds. The summed E-state index contributed by atoms with van der Waals surface area (Å²) in [7, 11) is 2.03. The van der Waals surface area contributed by atoms with E-state index in [1.54, 1.807) is 12.1 Å². The van der Waals surface area contributed by atoms with E-state index in [4.69, 9.17) is 4.98 Å². The van der Waals surface area contributed by atoms with Gasteiger partial charge in [0.25, 0.3) is 0 Å². The Kier molecular flexibility index (Phi) is 4.32. The van der Waals surface area contributed by atoms with Gasteiger partial charge in [-0.05, 0) is 49.2 Å². The Hall–Kier alpha value is -2.89. The smallest absolute Gasteiger partial charge is 0.227 e. The number of hydrogen-bond donors (Lipinski definition) is 1. The molecule has 2 aromatic carbocycles. The summed E-state index contributed by atoms with van der Waals surface area (Å²) in [4.78, 5) is 19.4. The van der Waals surface area contributed by atoms with Crippen LogP contribution in [0.2, 0.25) is 0 Å². The minimum atomic E-state index is -0.307. The lowest BCUT2D eigenvalue weighted by Gasteiger charge is -2.32. The SMILES string of the molecule is Cn1c(N2CCC(C(=O)Nc3ccc(F)cc3)CC2)nc2ccccc21. The molecule has 2 heterocycles. The average molecular weight is 352 g/mol. The molecule has 4 rings (SSSR count). The highest BCUT2D eigenvalue weighted by Gasteiger charge is 2.27. The van der Waals surface area contributed by atoms with Gasteiger partial charge in [0.05, 0.1) is 11.0 Å². The molecule has 0 aliphatic carbocycles. The van der Waals surface area contributed by atoms with E-state index >= 15 is 0 Å². The first-order valence-corrected chi connectivity index (χ1v) is 8.84. The van der Waals surface area contributed by atoms with Crippen LogP contribution < -0.4 is 10.2 Å². The third-order valence-corrected chi connectivity index (χ3v) is 5.02. The largest absolute Gasteiger partial charge is 0.342 e. The Bertz CT molecular complexity index is 927. The van der Waals surface area contributed by atoms with Gasteiger partial charge in [-0.15, -0.1) is 0 Å². The number of halogens is 1. The van der Waals surface area contributed by atoms with E-state index in [9.17, 15) is 9.18 Å². The molecule has 1 aliphatic rings. The molecule has 0 atom stereocenters. The van der Waals surface area contributed by atoms with Gasteiger partial charge in [-0.3, -0.25) is 4.79 Å². The summed E-state index contributed by atoms with van der Waals surface area (Å²) < 4.78 is 15.1. The molecule has 134 valence electrons. The number of aromatic nitrogens is 2. The van der Waals surface area contributed by atoms with Crippen LogP contribution >= 0.6 is 0 Å². The molecule has 0 saturated carbocycles. The maximum absolute atomic E-state index is 13.0. The lowest BCUT2D eigenvalue weighted by molar-refractivity contribution is -0.120. The lowest BCUT2D eigenvalue weighted by Crippen LogP contribution is -2.39. The number of para-hydroxylation sites is 2. The summed E-state index contributed by atoms with van der Waals surface area (Å²) >= 11 is 0. The zero-order chi connectivity index (χ0) is 18.1. The molecule has 0 bridgehead atoms. The number of carbonyl (C=O) groups excluding carboxylic acids is 1. The van der Waals surface area contributed by atoms with Gasteiger partial charge in [0.1, 0.15) is 5.82 Å². The van der Waals surface area contributed by atoms with Crippen LogP contribution in [0.15, 0.2) is 48.5 Å². The van der Waals surface area contributed by atoms with Crippen molar-refractivity contribution in [3.05, 3.63) is 54.3 Å². The number of benzene rings is 2. The molecule has 26 heavy (non-hydrogen) atoms. The second-order valence-electron chi connectivity index (χ2n) is 6.72. The van der Waals surface area contributed by atoms with Crippen LogP contribution in [0.25, 0.3) is 11.0 Å². The highest BCUT2D eigenvalue weighted by Crippen LogP contribution is 2.26. The number of imidazole rings is 1. The summed E-state index contributed by atoms with van der Waals surface area (Å²) in [5, 5.41) is 2.88. The number of aryl methyl sites for hydroxylation is 1. The second kappa shape index (κ2) is 6.78. The number of anilines is 2. The maximum atomic E-state index is 13.0. The van der Waals surface area contributed by atoms with Crippen LogP contribution in [0.1, 0.15) is 12.8 Å². The van der Waals surface area contributed by atoms with Crippen molar-refractivity contribution >= 4 is 28.6 Å². The molecule has 1 N–H and O–H groups in total. The number of carbonyl (C=O) groups is 1. The van der Waals surface area contributed by atoms with E-state index < -0.39 is 0 Å². The van der Waals surface area contributed by atoms with Crippen molar-refractivity contribution in [2.45, 2.75) is 12.8 Å². The Morgan fingerprint density at radius 1 is 1.12 bits per heavy atom. The van der Waals surface area contributed by atoms with Crippen LogP contribution in [0, 0.1) is 11.7 Å². The molecule has 0 radical (unpaired) electrons.